The standard InChI is InChI=1S/C25H27N3O5S/c1-2-33-24(29)13-15-28(19-21-10-7-14-26-17-21)25(30)22-11-6-12-23(16-22)34(31,32)27-18-20-8-4-3-5-9-20/h3-12,14,16-17,27H,2,13,15,18-19H2,1H3. The average molecular weight is 482 g/mol. The van der Waals surface area contributed by atoms with Crippen molar-refractivity contribution in [3.05, 3.63) is 95.8 Å². The highest BCUT2D eigenvalue weighted by atomic mass is 32.2. The van der Waals surface area contributed by atoms with Crippen LogP contribution in [0.4, 0.5) is 0 Å². The normalized spacial score (nSPS) is 11.1. The van der Waals surface area contributed by atoms with Crippen LogP contribution in [-0.4, -0.2) is 43.3 Å². The Morgan fingerprint density at radius 3 is 2.47 bits per heavy atom. The van der Waals surface area contributed by atoms with Crippen LogP contribution in [0.15, 0.2) is 84.0 Å². The SMILES string of the molecule is CCOC(=O)CCN(Cc1cccnc1)C(=O)c1cccc(S(=O)(=O)NCc2ccccc2)c1. The van der Waals surface area contributed by atoms with Crippen molar-refractivity contribution in [3.8, 4) is 0 Å². The minimum Gasteiger partial charge on any atom is -0.466 e. The van der Waals surface area contributed by atoms with Crippen molar-refractivity contribution in [1.82, 2.24) is 14.6 Å². The van der Waals surface area contributed by atoms with Gasteiger partial charge in [-0.15, -0.1) is 0 Å². The summed E-state index contributed by atoms with van der Waals surface area (Å²) in [7, 11) is -3.84. The number of aromatic nitrogens is 1. The molecule has 0 atom stereocenters. The molecule has 8 nitrogen and oxygen atoms in total. The number of benzene rings is 2. The van der Waals surface area contributed by atoms with Crippen LogP contribution in [0.25, 0.3) is 0 Å². The summed E-state index contributed by atoms with van der Waals surface area (Å²) in [6.45, 7) is 2.44. The van der Waals surface area contributed by atoms with Crippen molar-refractivity contribution in [2.24, 2.45) is 0 Å². The molecule has 34 heavy (non-hydrogen) atoms. The third-order valence-electron chi connectivity index (χ3n) is 4.98. The maximum absolute atomic E-state index is 13.3. The zero-order valence-corrected chi connectivity index (χ0v) is 19.7. The van der Waals surface area contributed by atoms with Gasteiger partial charge < -0.3 is 9.64 Å². The summed E-state index contributed by atoms with van der Waals surface area (Å²) >= 11 is 0. The topological polar surface area (TPSA) is 106 Å². The van der Waals surface area contributed by atoms with E-state index in [0.717, 1.165) is 11.1 Å². The fraction of sp³-hybridized carbons (Fsp3) is 0.240. The van der Waals surface area contributed by atoms with Crippen molar-refractivity contribution in [2.45, 2.75) is 31.3 Å². The number of esters is 1. The van der Waals surface area contributed by atoms with Crippen LogP contribution < -0.4 is 4.72 Å². The Morgan fingerprint density at radius 1 is 1.00 bits per heavy atom. The van der Waals surface area contributed by atoms with Gasteiger partial charge in [0.2, 0.25) is 10.0 Å². The van der Waals surface area contributed by atoms with Gasteiger partial charge in [0.15, 0.2) is 0 Å². The summed E-state index contributed by atoms with van der Waals surface area (Å²) < 4.78 is 33.2. The van der Waals surface area contributed by atoms with Gasteiger partial charge >= 0.3 is 5.97 Å². The second kappa shape index (κ2) is 12.1. The fourth-order valence-electron chi connectivity index (χ4n) is 3.26. The molecule has 2 aromatic carbocycles. The van der Waals surface area contributed by atoms with Gasteiger partial charge in [-0.2, -0.15) is 0 Å². The summed E-state index contributed by atoms with van der Waals surface area (Å²) in [5.41, 5.74) is 1.81. The number of ether oxygens (including phenoxy) is 1. The summed E-state index contributed by atoms with van der Waals surface area (Å²) in [5, 5.41) is 0. The molecular weight excluding hydrogens is 454 g/mol. The molecule has 1 heterocycles. The lowest BCUT2D eigenvalue weighted by atomic mass is 10.1. The van der Waals surface area contributed by atoms with Crippen molar-refractivity contribution in [3.63, 3.8) is 0 Å². The highest BCUT2D eigenvalue weighted by Crippen LogP contribution is 2.16. The lowest BCUT2D eigenvalue weighted by Crippen LogP contribution is -2.33. The molecule has 3 aromatic rings. The van der Waals surface area contributed by atoms with Crippen LogP contribution in [0.1, 0.15) is 34.8 Å². The number of hydrogen-bond donors (Lipinski definition) is 1. The molecule has 0 saturated heterocycles. The van der Waals surface area contributed by atoms with Crippen molar-refractivity contribution in [2.75, 3.05) is 13.2 Å². The van der Waals surface area contributed by atoms with Crippen LogP contribution in [-0.2, 0) is 32.6 Å². The zero-order valence-electron chi connectivity index (χ0n) is 18.9. The van der Waals surface area contributed by atoms with E-state index in [2.05, 4.69) is 9.71 Å². The molecule has 1 aromatic heterocycles. The largest absolute Gasteiger partial charge is 0.466 e. The van der Waals surface area contributed by atoms with Gasteiger partial charge in [-0.25, -0.2) is 13.1 Å². The Morgan fingerprint density at radius 2 is 1.76 bits per heavy atom. The van der Waals surface area contributed by atoms with E-state index in [-0.39, 0.29) is 43.1 Å². The van der Waals surface area contributed by atoms with Crippen LogP contribution in [0, 0.1) is 0 Å². The van der Waals surface area contributed by atoms with Crippen molar-refractivity contribution < 1.29 is 22.7 Å². The third kappa shape index (κ3) is 7.23. The summed E-state index contributed by atoms with van der Waals surface area (Å²) in [6, 6.07) is 18.6. The van der Waals surface area contributed by atoms with E-state index in [9.17, 15) is 18.0 Å². The lowest BCUT2D eigenvalue weighted by Gasteiger charge is -2.23. The van der Waals surface area contributed by atoms with Crippen molar-refractivity contribution in [1.29, 1.82) is 0 Å². The molecule has 1 amide bonds. The Bertz CT molecular complexity index is 1200. The van der Waals surface area contributed by atoms with Gasteiger partial charge in [0, 0.05) is 37.6 Å². The number of pyridine rings is 1. The quantitative estimate of drug-likeness (QED) is 0.422. The molecule has 0 bridgehead atoms. The Labute approximate surface area is 199 Å². The maximum Gasteiger partial charge on any atom is 0.307 e. The zero-order chi connectivity index (χ0) is 24.4. The number of hydrogen-bond acceptors (Lipinski definition) is 6. The van der Waals surface area contributed by atoms with E-state index >= 15 is 0 Å². The Balaban J connectivity index is 1.78. The van der Waals surface area contributed by atoms with E-state index in [0.29, 0.717) is 0 Å². The molecule has 0 aliphatic carbocycles. The molecule has 3 rings (SSSR count). The molecule has 0 fully saturated rings. The van der Waals surface area contributed by atoms with Gasteiger partial charge in [0.1, 0.15) is 0 Å². The number of carbonyl (C=O) groups excluding carboxylic acids is 2. The van der Waals surface area contributed by atoms with E-state index < -0.39 is 21.9 Å². The first-order chi connectivity index (χ1) is 16.4. The first kappa shape index (κ1) is 25.1. The molecular formula is C25H27N3O5S. The summed E-state index contributed by atoms with van der Waals surface area (Å²) in [5.74, 6) is -0.804. The Hall–Kier alpha value is -3.56. The van der Waals surface area contributed by atoms with E-state index in [1.165, 1.54) is 23.1 Å². The number of amides is 1. The molecule has 1 N–H and O–H groups in total. The number of rotatable bonds is 11. The number of nitrogens with zero attached hydrogens (tertiary/aromatic N) is 2. The number of nitrogens with one attached hydrogen (secondary N) is 1. The maximum atomic E-state index is 13.3. The van der Waals surface area contributed by atoms with Crippen LogP contribution >= 0.6 is 0 Å². The monoisotopic (exact) mass is 481 g/mol. The first-order valence-electron chi connectivity index (χ1n) is 10.9. The summed E-state index contributed by atoms with van der Waals surface area (Å²) in [6.07, 6.45) is 3.29. The number of carbonyl (C=O) groups is 2. The highest BCUT2D eigenvalue weighted by Gasteiger charge is 2.21. The predicted molar refractivity (Wildman–Crippen MR) is 127 cm³/mol. The van der Waals surface area contributed by atoms with Crippen molar-refractivity contribution >= 4 is 21.9 Å². The van der Waals surface area contributed by atoms with E-state index in [4.69, 9.17) is 4.74 Å². The molecule has 178 valence electrons. The van der Waals surface area contributed by atoms with Gasteiger partial charge in [0.05, 0.1) is 17.9 Å². The Kier molecular flexibility index (Phi) is 8.89. The molecule has 9 heteroatoms. The first-order valence-corrected chi connectivity index (χ1v) is 12.3. The molecule has 0 spiro atoms. The molecule has 0 saturated carbocycles. The molecule has 0 radical (unpaired) electrons. The smallest absolute Gasteiger partial charge is 0.307 e. The highest BCUT2D eigenvalue weighted by molar-refractivity contribution is 7.89. The van der Waals surface area contributed by atoms with Gasteiger partial charge in [0.25, 0.3) is 5.91 Å². The molecule has 0 unspecified atom stereocenters. The van der Waals surface area contributed by atoms with Crippen LogP contribution in [0.5, 0.6) is 0 Å². The predicted octanol–water partition coefficient (Wildman–Crippen LogP) is 3.16. The van der Waals surface area contributed by atoms with Crippen LogP contribution in [0.2, 0.25) is 0 Å². The summed E-state index contributed by atoms with van der Waals surface area (Å²) in [4.78, 5) is 30.7. The van der Waals surface area contributed by atoms with E-state index in [1.54, 1.807) is 31.5 Å². The minimum atomic E-state index is -3.84. The van der Waals surface area contributed by atoms with Gasteiger partial charge in [-0.1, -0.05) is 42.5 Å². The van der Waals surface area contributed by atoms with E-state index in [1.807, 2.05) is 36.4 Å². The van der Waals surface area contributed by atoms with Crippen LogP contribution in [0.3, 0.4) is 0 Å². The fourth-order valence-corrected chi connectivity index (χ4v) is 4.32. The number of sulfonamides is 1. The molecule has 0 aliphatic heterocycles. The lowest BCUT2D eigenvalue weighted by molar-refractivity contribution is -0.143. The van der Waals surface area contributed by atoms with Gasteiger partial charge in [-0.05, 0) is 42.3 Å². The third-order valence-corrected chi connectivity index (χ3v) is 6.37. The second-order valence-corrected chi connectivity index (χ2v) is 9.25. The average Bonchev–Trinajstić information content (AvgIpc) is 2.86. The molecule has 0 aliphatic rings. The minimum absolute atomic E-state index is 0.0130. The van der Waals surface area contributed by atoms with Gasteiger partial charge in [-0.3, -0.25) is 14.6 Å². The second-order valence-electron chi connectivity index (χ2n) is 7.48.